The Morgan fingerprint density at radius 2 is 0.547 bits per heavy atom. The van der Waals surface area contributed by atoms with Gasteiger partial charge in [-0.3, -0.25) is 0 Å². The molecule has 0 N–H and O–H groups in total. The summed E-state index contributed by atoms with van der Waals surface area (Å²) < 4.78 is 8.20. The molecule has 0 atom stereocenters. The molecule has 117 heavy (non-hydrogen) atoms. The first kappa shape index (κ1) is 110. The van der Waals surface area contributed by atoms with E-state index < -0.39 is 0 Å². The predicted molar refractivity (Wildman–Crippen MR) is 524 cm³/mol. The fraction of sp³-hybridized carbons (Fsp3) is 0.805. The third kappa shape index (κ3) is 67.2. The van der Waals surface area contributed by atoms with Crippen molar-refractivity contribution < 1.29 is 23.3 Å². The Kier molecular flexibility index (Phi) is 82.7. The van der Waals surface area contributed by atoms with Crippen LogP contribution in [0.1, 0.15) is 583 Å². The van der Waals surface area contributed by atoms with E-state index in [2.05, 4.69) is 108 Å². The molecule has 680 valence electrons. The van der Waals surface area contributed by atoms with Gasteiger partial charge in [0.05, 0.1) is 0 Å². The molecule has 0 aliphatic rings. The van der Waals surface area contributed by atoms with Gasteiger partial charge >= 0.3 is 130 Å². The van der Waals surface area contributed by atoms with Gasteiger partial charge in [-0.05, 0) is 146 Å². The zero-order valence-corrected chi connectivity index (χ0v) is 81.5. The monoisotopic (exact) mass is 1660 g/mol. The Hall–Kier alpha value is -2.97. The van der Waals surface area contributed by atoms with Gasteiger partial charge in [0.2, 0.25) is 5.70 Å². The molecular formula is C113H203N2NiO+. The summed E-state index contributed by atoms with van der Waals surface area (Å²) in [5.41, 5.74) is 14.2. The molecule has 0 amide bonds. The molecule has 0 heterocycles. The second kappa shape index (κ2) is 87.9. The Balaban J connectivity index is 0.00000139. The van der Waals surface area contributed by atoms with Crippen LogP contribution >= 0.6 is 0 Å². The quantitative estimate of drug-likeness (QED) is 0.0239. The number of nitrogens with zero attached hydrogens (tertiary/aromatic N) is 2. The first-order valence-electron chi connectivity index (χ1n) is 53.4. The maximum absolute atomic E-state index is 5.97. The van der Waals surface area contributed by atoms with Gasteiger partial charge in [0, 0.05) is 18.9 Å². The minimum atomic E-state index is 0.926. The zero-order valence-electron chi connectivity index (χ0n) is 80.5. The number of azo groups is 2. The molecular weight excluding hydrogens is 1460 g/mol. The number of hydrogen-bond donors (Lipinski definition) is 0. The van der Waals surface area contributed by atoms with E-state index in [4.69, 9.17) is 8.99 Å². The van der Waals surface area contributed by atoms with Crippen LogP contribution in [0.4, 0.5) is 5.69 Å². The first-order chi connectivity index (χ1) is 57.9. The Labute approximate surface area is 740 Å². The second-order valence-electron chi connectivity index (χ2n) is 36.9. The van der Waals surface area contributed by atoms with Crippen molar-refractivity contribution in [3.63, 3.8) is 0 Å². The second-order valence-corrected chi connectivity index (χ2v) is 37.6. The topological polar surface area (TPSA) is 24.6 Å². The van der Waals surface area contributed by atoms with E-state index in [0.29, 0.717) is 0 Å². The van der Waals surface area contributed by atoms with Crippen molar-refractivity contribution in [2.75, 3.05) is 6.54 Å². The molecule has 0 spiro atoms. The number of hydrogen-bond acceptors (Lipinski definition) is 2. The first-order valence-corrected chi connectivity index (χ1v) is 54.3. The summed E-state index contributed by atoms with van der Waals surface area (Å²) in [5, 5.41) is 8.06. The molecule has 0 saturated carbocycles. The van der Waals surface area contributed by atoms with E-state index in [1.807, 2.05) is 30.3 Å². The van der Waals surface area contributed by atoms with Crippen LogP contribution < -0.4 is 3.88 Å². The number of aryl methyl sites for hydroxylation is 4. The van der Waals surface area contributed by atoms with Gasteiger partial charge < -0.3 is 0 Å². The number of allylic oxidation sites excluding steroid dienone is 2. The molecule has 0 radical (unpaired) electrons. The molecule has 3 aromatic carbocycles. The van der Waals surface area contributed by atoms with Crippen molar-refractivity contribution in [1.29, 1.82) is 0 Å². The van der Waals surface area contributed by atoms with Crippen LogP contribution in [0.3, 0.4) is 0 Å². The minimum absolute atomic E-state index is 0.926. The molecule has 4 heteroatoms. The van der Waals surface area contributed by atoms with Gasteiger partial charge in [-0.2, -0.15) is 0 Å². The maximum Gasteiger partial charge on any atom is 0.209 e. The number of unbranched alkanes of at least 4 members (excludes halogenated alkanes) is 65. The van der Waals surface area contributed by atoms with Gasteiger partial charge in [0.25, 0.3) is 0 Å². The normalized spacial score (nSPS) is 12.0. The van der Waals surface area contributed by atoms with Crippen LogP contribution in [0.25, 0.3) is 6.08 Å². The van der Waals surface area contributed by atoms with E-state index in [-0.39, 0.29) is 0 Å². The van der Waals surface area contributed by atoms with Gasteiger partial charge in [-0.15, -0.1) is 0 Å². The van der Waals surface area contributed by atoms with Gasteiger partial charge in [-0.1, -0.05) is 432 Å². The summed E-state index contributed by atoms with van der Waals surface area (Å²) in [6.45, 7) is 22.2. The third-order valence-electron chi connectivity index (χ3n) is 25.5. The molecule has 0 unspecified atom stereocenters. The fourth-order valence-electron chi connectivity index (χ4n) is 17.8. The molecule has 0 fully saturated rings. The Morgan fingerprint density at radius 1 is 0.282 bits per heavy atom. The standard InChI is InChI=1S/C87H159N2.C20H39.C6H6O.Ni/c1-9-17-25-30-33-35-37-38-39-40-41-42-43-44-45-46-47-48-49-50-51-53-55-57-60-65-73-89(88-84-77-82(67-23-15-7)86(71-24-16-8)83(78-84)69-62-29-21-13-5)85(70-63-58-56-54-52-36-34-31-26-18-10-2)76-79-74-80(66-22-14-6)87(72-64-59-32-27-19-11-3)81(75-79)68-61-28-20-12-4;1-3-5-7-9-11-13-15-17-19-20-18-16-14-12-10-8-6-4-2;7-6-4-2-1-3-5-6;/h74-78H,9-73H2,1-8H3;1,3H,4-20H2,2H3;1-5,7H;/q+1;;;+1/p-1. The molecule has 0 saturated heterocycles. The molecule has 0 aromatic heterocycles. The maximum atomic E-state index is 5.97. The zero-order chi connectivity index (χ0) is 83.9. The van der Waals surface area contributed by atoms with Gasteiger partial charge in [-0.25, -0.2) is 0 Å². The Bertz CT molecular complexity index is 2630. The van der Waals surface area contributed by atoms with E-state index >= 15 is 0 Å². The van der Waals surface area contributed by atoms with E-state index in [1.54, 1.807) is 33.4 Å². The average Bonchev–Trinajstić information content (AvgIpc) is 0.814. The summed E-state index contributed by atoms with van der Waals surface area (Å²) >= 11 is 1.23. The van der Waals surface area contributed by atoms with Crippen LogP contribution in [0, 0.1) is 0 Å². The number of benzene rings is 3. The van der Waals surface area contributed by atoms with E-state index in [1.165, 1.54) is 545 Å². The number of rotatable bonds is 88. The summed E-state index contributed by atoms with van der Waals surface area (Å²) in [5.74, 6) is 0.926. The molecule has 3 nitrogen and oxygen atoms in total. The minimum Gasteiger partial charge on any atom is -0.0879 e. The van der Waals surface area contributed by atoms with Gasteiger partial charge in [0.1, 0.15) is 5.69 Å². The van der Waals surface area contributed by atoms with Crippen molar-refractivity contribution in [3.8, 4) is 5.75 Å². The molecule has 0 aliphatic heterocycles. The van der Waals surface area contributed by atoms with Crippen molar-refractivity contribution in [1.82, 2.24) is 0 Å². The van der Waals surface area contributed by atoms with Crippen LogP contribution in [0.2, 0.25) is 0 Å². The van der Waals surface area contributed by atoms with Crippen LogP contribution in [0.5, 0.6) is 5.75 Å². The predicted octanol–water partition coefficient (Wildman–Crippen LogP) is 40.1. The van der Waals surface area contributed by atoms with Crippen molar-refractivity contribution in [3.05, 3.63) is 110 Å². The number of para-hydroxylation sites is 1. The molecule has 3 rings (SSSR count). The largest absolute Gasteiger partial charge is 0.209 e. The summed E-state index contributed by atoms with van der Waals surface area (Å²) in [4.78, 5) is 0. The van der Waals surface area contributed by atoms with Gasteiger partial charge in [0.15, 0.2) is 6.54 Å². The third-order valence-corrected chi connectivity index (χ3v) is 26.2. The van der Waals surface area contributed by atoms with Crippen LogP contribution in [-0.4, -0.2) is 11.2 Å². The van der Waals surface area contributed by atoms with Crippen molar-refractivity contribution in [2.24, 2.45) is 5.11 Å². The molecule has 0 aliphatic carbocycles. The van der Waals surface area contributed by atoms with E-state index in [9.17, 15) is 0 Å². The van der Waals surface area contributed by atoms with Crippen molar-refractivity contribution in [2.45, 2.75) is 582 Å². The summed E-state index contributed by atoms with van der Waals surface area (Å²) in [6.07, 6.45) is 117. The SMILES string of the molecule is CCCCCCCCCCCCCCCCCCC=[CH][Ni][O]c1ccccc1.CCCCCCCCCCCCCCCCCCCCCCCCCCCC[N+](=Nc1cc(CCCC)c(CCCC)c(CCCCCC)c1)C(=Cc1cc(CCCC)c(CCCCCCCC)c(CCCCCC)c1)CCCCCCCCCCCCC. The average molecular weight is 1660 g/mol. The molecule has 0 bridgehead atoms. The molecule has 3 aromatic rings. The van der Waals surface area contributed by atoms with Crippen LogP contribution in [-0.2, 0) is 53.3 Å². The van der Waals surface area contributed by atoms with Crippen LogP contribution in [0.15, 0.2) is 76.5 Å². The summed E-state index contributed by atoms with van der Waals surface area (Å²) in [6, 6.07) is 20.5. The smallest absolute Gasteiger partial charge is 0.0879 e. The summed E-state index contributed by atoms with van der Waals surface area (Å²) in [7, 11) is 0. The van der Waals surface area contributed by atoms with E-state index in [0.717, 1.165) is 18.7 Å². The Morgan fingerprint density at radius 3 is 0.897 bits per heavy atom. The fourth-order valence-corrected chi connectivity index (χ4v) is 18.4. The van der Waals surface area contributed by atoms with Crippen molar-refractivity contribution >= 4 is 11.8 Å².